The summed E-state index contributed by atoms with van der Waals surface area (Å²) >= 11 is 3.45. The van der Waals surface area contributed by atoms with E-state index in [4.69, 9.17) is 0 Å². The summed E-state index contributed by atoms with van der Waals surface area (Å²) in [5, 5.41) is 2.76. The van der Waals surface area contributed by atoms with E-state index in [1.54, 1.807) is 17.9 Å². The molecule has 0 radical (unpaired) electrons. The number of amides is 4. The first-order valence-electron chi connectivity index (χ1n) is 10.7. The summed E-state index contributed by atoms with van der Waals surface area (Å²) in [6.45, 7) is 7.03. The van der Waals surface area contributed by atoms with Crippen LogP contribution < -0.4 is 5.32 Å². The minimum Gasteiger partial charge on any atom is -0.339 e. The molecule has 2 saturated heterocycles. The Morgan fingerprint density at radius 2 is 1.78 bits per heavy atom. The van der Waals surface area contributed by atoms with Gasteiger partial charge in [-0.1, -0.05) is 64.0 Å². The largest absolute Gasteiger partial charge is 0.339 e. The van der Waals surface area contributed by atoms with Crippen molar-refractivity contribution in [1.82, 2.24) is 20.0 Å². The van der Waals surface area contributed by atoms with E-state index in [9.17, 15) is 14.4 Å². The van der Waals surface area contributed by atoms with Crippen molar-refractivity contribution in [2.45, 2.75) is 25.9 Å². The average molecular weight is 499 g/mol. The van der Waals surface area contributed by atoms with E-state index >= 15 is 0 Å². The number of imide groups is 1. The monoisotopic (exact) mass is 498 g/mol. The van der Waals surface area contributed by atoms with Crippen LogP contribution >= 0.6 is 15.9 Å². The van der Waals surface area contributed by atoms with E-state index in [2.05, 4.69) is 57.3 Å². The van der Waals surface area contributed by atoms with Crippen molar-refractivity contribution in [2.75, 3.05) is 32.7 Å². The van der Waals surface area contributed by atoms with Crippen molar-refractivity contribution in [2.24, 2.45) is 0 Å². The summed E-state index contributed by atoms with van der Waals surface area (Å²) in [6, 6.07) is 15.2. The molecule has 4 rings (SSSR count). The highest BCUT2D eigenvalue weighted by Crippen LogP contribution is 2.33. The van der Waals surface area contributed by atoms with Gasteiger partial charge in [0.05, 0.1) is 0 Å². The summed E-state index contributed by atoms with van der Waals surface area (Å²) < 4.78 is 0.731. The molecule has 1 unspecified atom stereocenters. The van der Waals surface area contributed by atoms with Crippen LogP contribution in [0.2, 0.25) is 0 Å². The number of hydrogen-bond acceptors (Lipinski definition) is 4. The molecule has 0 aromatic heterocycles. The Balaban J connectivity index is 1.36. The molecule has 1 N–H and O–H groups in total. The predicted octanol–water partition coefficient (Wildman–Crippen LogP) is 2.87. The molecule has 2 aromatic carbocycles. The number of hydrogen-bond donors (Lipinski definition) is 1. The number of nitrogens with one attached hydrogen (secondary N) is 1. The number of carbonyl (C=O) groups is 3. The van der Waals surface area contributed by atoms with E-state index in [1.807, 2.05) is 18.2 Å². The minimum absolute atomic E-state index is 0.208. The van der Waals surface area contributed by atoms with Gasteiger partial charge in [-0.15, -0.1) is 0 Å². The number of halogens is 1. The maximum Gasteiger partial charge on any atom is 0.325 e. The van der Waals surface area contributed by atoms with Gasteiger partial charge < -0.3 is 10.2 Å². The number of nitrogens with zero attached hydrogens (tertiary/aromatic N) is 3. The summed E-state index contributed by atoms with van der Waals surface area (Å²) in [6.07, 6.45) is 0. The van der Waals surface area contributed by atoms with Crippen molar-refractivity contribution >= 4 is 33.8 Å². The second-order valence-corrected chi connectivity index (χ2v) is 9.43. The van der Waals surface area contributed by atoms with Gasteiger partial charge in [-0.05, 0) is 25.5 Å². The molecule has 2 aliphatic heterocycles. The van der Waals surface area contributed by atoms with Gasteiger partial charge in [-0.2, -0.15) is 0 Å². The van der Waals surface area contributed by atoms with Crippen molar-refractivity contribution in [1.29, 1.82) is 0 Å². The lowest BCUT2D eigenvalue weighted by atomic mass is 9.92. The Labute approximate surface area is 196 Å². The molecule has 0 aliphatic carbocycles. The van der Waals surface area contributed by atoms with Gasteiger partial charge in [0.25, 0.3) is 5.91 Å². The number of aryl methyl sites for hydroxylation is 1. The molecule has 0 bridgehead atoms. The minimum atomic E-state index is -1.20. The second kappa shape index (κ2) is 9.03. The van der Waals surface area contributed by atoms with Crippen LogP contribution in [-0.4, -0.2) is 65.3 Å². The molecule has 168 valence electrons. The molecule has 7 nitrogen and oxygen atoms in total. The van der Waals surface area contributed by atoms with E-state index < -0.39 is 17.5 Å². The number of piperazine rings is 1. The fourth-order valence-electron chi connectivity index (χ4n) is 4.35. The number of urea groups is 1. The van der Waals surface area contributed by atoms with Gasteiger partial charge >= 0.3 is 6.03 Å². The van der Waals surface area contributed by atoms with Gasteiger partial charge in [-0.3, -0.25) is 19.4 Å². The lowest BCUT2D eigenvalue weighted by Crippen LogP contribution is -2.51. The van der Waals surface area contributed by atoms with Gasteiger partial charge in [-0.25, -0.2) is 4.79 Å². The lowest BCUT2D eigenvalue weighted by molar-refractivity contribution is -0.140. The van der Waals surface area contributed by atoms with Crippen LogP contribution in [0.15, 0.2) is 53.0 Å². The molecule has 1 atom stereocenters. The van der Waals surface area contributed by atoms with Gasteiger partial charge in [0.1, 0.15) is 12.1 Å². The highest BCUT2D eigenvalue weighted by atomic mass is 79.9. The molecule has 2 aromatic rings. The third kappa shape index (κ3) is 4.42. The van der Waals surface area contributed by atoms with Crippen LogP contribution in [0.4, 0.5) is 4.79 Å². The van der Waals surface area contributed by atoms with Gasteiger partial charge in [0, 0.05) is 42.8 Å². The van der Waals surface area contributed by atoms with Crippen LogP contribution in [0, 0.1) is 6.92 Å². The molecule has 2 heterocycles. The Hall–Kier alpha value is -2.71. The summed E-state index contributed by atoms with van der Waals surface area (Å²) in [5.41, 5.74) is 1.96. The number of benzene rings is 2. The van der Waals surface area contributed by atoms with Crippen molar-refractivity contribution in [3.05, 3.63) is 69.7 Å². The zero-order chi connectivity index (χ0) is 22.9. The van der Waals surface area contributed by atoms with Crippen LogP contribution in [0.1, 0.15) is 23.6 Å². The Morgan fingerprint density at radius 3 is 2.47 bits per heavy atom. The van der Waals surface area contributed by atoms with E-state index in [-0.39, 0.29) is 12.5 Å². The predicted molar refractivity (Wildman–Crippen MR) is 125 cm³/mol. The van der Waals surface area contributed by atoms with Crippen molar-refractivity contribution in [3.63, 3.8) is 0 Å². The van der Waals surface area contributed by atoms with Crippen LogP contribution in [0.5, 0.6) is 0 Å². The molecule has 0 spiro atoms. The molecule has 2 aliphatic rings. The average Bonchev–Trinajstić information content (AvgIpc) is 2.98. The van der Waals surface area contributed by atoms with E-state index in [1.165, 1.54) is 11.1 Å². The van der Waals surface area contributed by atoms with E-state index in [0.29, 0.717) is 18.7 Å². The number of rotatable bonds is 5. The van der Waals surface area contributed by atoms with Crippen LogP contribution in [0.3, 0.4) is 0 Å². The summed E-state index contributed by atoms with van der Waals surface area (Å²) in [7, 11) is 0. The fourth-order valence-corrected chi connectivity index (χ4v) is 5.03. The molecule has 8 heteroatoms. The second-order valence-electron chi connectivity index (χ2n) is 8.57. The number of carbonyl (C=O) groups excluding carboxylic acids is 3. The molecule has 0 saturated carbocycles. The fraction of sp³-hybridized carbons (Fsp3) is 0.375. The normalized spacial score (nSPS) is 21.7. The zero-order valence-electron chi connectivity index (χ0n) is 18.3. The third-order valence-electron chi connectivity index (χ3n) is 6.19. The molecule has 2 fully saturated rings. The zero-order valence-corrected chi connectivity index (χ0v) is 19.9. The maximum absolute atomic E-state index is 13.1. The molecular formula is C24H27BrN4O3. The van der Waals surface area contributed by atoms with Crippen LogP contribution in [-0.2, 0) is 21.7 Å². The highest BCUT2D eigenvalue weighted by Gasteiger charge is 2.50. The smallest absolute Gasteiger partial charge is 0.325 e. The Bertz CT molecular complexity index is 1050. The van der Waals surface area contributed by atoms with Crippen molar-refractivity contribution < 1.29 is 14.4 Å². The van der Waals surface area contributed by atoms with Gasteiger partial charge in [0.15, 0.2) is 0 Å². The van der Waals surface area contributed by atoms with Crippen molar-refractivity contribution in [3.8, 4) is 0 Å². The van der Waals surface area contributed by atoms with Gasteiger partial charge in [0.2, 0.25) is 5.91 Å². The lowest BCUT2D eigenvalue weighted by Gasteiger charge is -2.35. The maximum atomic E-state index is 13.1. The summed E-state index contributed by atoms with van der Waals surface area (Å²) in [4.78, 5) is 43.7. The topological polar surface area (TPSA) is 73.0 Å². The first-order valence-corrected chi connectivity index (χ1v) is 11.5. The quantitative estimate of drug-likeness (QED) is 0.643. The Kier molecular flexibility index (Phi) is 6.35. The Morgan fingerprint density at radius 1 is 1.06 bits per heavy atom. The first kappa shape index (κ1) is 22.5. The molecule has 32 heavy (non-hydrogen) atoms. The molecule has 4 amide bonds. The standard InChI is InChI=1S/C24H27BrN4O3/c1-17-6-5-7-18(14-17)15-27-10-12-28(13-11-27)21(30)16-29-22(31)24(2,26-23(29)32)19-8-3-4-9-20(19)25/h3-9,14H,10-13,15-16H2,1-2H3,(H,26,32). The first-order chi connectivity index (χ1) is 15.3. The highest BCUT2D eigenvalue weighted by molar-refractivity contribution is 9.10. The third-order valence-corrected chi connectivity index (χ3v) is 6.89. The van der Waals surface area contributed by atoms with Crippen LogP contribution in [0.25, 0.3) is 0 Å². The van der Waals surface area contributed by atoms with E-state index in [0.717, 1.165) is 29.0 Å². The summed E-state index contributed by atoms with van der Waals surface area (Å²) in [5.74, 6) is -0.624. The SMILES string of the molecule is Cc1cccc(CN2CCN(C(=O)CN3C(=O)NC(C)(c4ccccc4Br)C3=O)CC2)c1. The molecular weight excluding hydrogens is 472 g/mol.